The summed E-state index contributed by atoms with van der Waals surface area (Å²) in [6.45, 7) is 5.04. The molecular formula is C23H31ClFN3O3. The van der Waals surface area contributed by atoms with Gasteiger partial charge in [0.1, 0.15) is 5.82 Å². The minimum atomic E-state index is -0.494. The number of carbonyl (C=O) groups excluding carboxylic acids is 2. The van der Waals surface area contributed by atoms with Gasteiger partial charge < -0.3 is 19.8 Å². The van der Waals surface area contributed by atoms with E-state index in [4.69, 9.17) is 11.6 Å². The largest absolute Gasteiger partial charge is 0.393 e. The van der Waals surface area contributed by atoms with E-state index in [-0.39, 0.29) is 22.9 Å². The topological polar surface area (TPSA) is 64.1 Å². The summed E-state index contributed by atoms with van der Waals surface area (Å²) in [6, 6.07) is 4.30. The fraction of sp³-hybridized carbons (Fsp3) is 0.565. The number of benzene rings is 1. The first-order valence-corrected chi connectivity index (χ1v) is 11.4. The van der Waals surface area contributed by atoms with Gasteiger partial charge >= 0.3 is 0 Å². The second kappa shape index (κ2) is 11.6. The smallest absolute Gasteiger partial charge is 0.246 e. The van der Waals surface area contributed by atoms with Crippen molar-refractivity contribution in [2.24, 2.45) is 0 Å². The summed E-state index contributed by atoms with van der Waals surface area (Å²) in [5, 5.41) is 9.59. The van der Waals surface area contributed by atoms with Crippen molar-refractivity contribution in [1.82, 2.24) is 14.7 Å². The Morgan fingerprint density at radius 3 is 2.61 bits per heavy atom. The van der Waals surface area contributed by atoms with Gasteiger partial charge in [-0.05, 0) is 56.0 Å². The van der Waals surface area contributed by atoms with Crippen molar-refractivity contribution in [3.05, 3.63) is 40.7 Å². The molecule has 2 heterocycles. The lowest BCUT2D eigenvalue weighted by atomic mass is 10.1. The molecule has 170 valence electrons. The molecule has 8 heteroatoms. The third-order valence-electron chi connectivity index (χ3n) is 5.97. The molecule has 2 amide bonds. The van der Waals surface area contributed by atoms with E-state index in [0.29, 0.717) is 38.2 Å². The van der Waals surface area contributed by atoms with E-state index < -0.39 is 5.82 Å². The highest BCUT2D eigenvalue weighted by Gasteiger charge is 2.23. The maximum atomic E-state index is 13.2. The summed E-state index contributed by atoms with van der Waals surface area (Å²) < 4.78 is 13.2. The highest BCUT2D eigenvalue weighted by atomic mass is 35.5. The molecule has 0 aliphatic carbocycles. The molecule has 2 saturated heterocycles. The Morgan fingerprint density at radius 1 is 1.13 bits per heavy atom. The zero-order valence-corrected chi connectivity index (χ0v) is 18.6. The number of likely N-dealkylation sites (tertiary alicyclic amines) is 1. The van der Waals surface area contributed by atoms with Gasteiger partial charge in [0, 0.05) is 51.8 Å². The predicted molar refractivity (Wildman–Crippen MR) is 119 cm³/mol. The van der Waals surface area contributed by atoms with E-state index >= 15 is 0 Å². The zero-order chi connectivity index (χ0) is 22.2. The number of aliphatic hydroxyl groups excluding tert-OH is 1. The molecule has 0 bridgehead atoms. The number of piperidine rings is 1. The molecule has 1 aromatic rings. The summed E-state index contributed by atoms with van der Waals surface area (Å²) >= 11 is 5.77. The number of hydrogen-bond acceptors (Lipinski definition) is 4. The van der Waals surface area contributed by atoms with Crippen molar-refractivity contribution in [1.29, 1.82) is 0 Å². The molecule has 0 saturated carbocycles. The number of halogens is 2. The molecule has 0 radical (unpaired) electrons. The molecule has 1 N–H and O–H groups in total. The van der Waals surface area contributed by atoms with Crippen LogP contribution in [-0.4, -0.2) is 83.5 Å². The minimum Gasteiger partial charge on any atom is -0.393 e. The Bertz CT molecular complexity index is 796. The first kappa shape index (κ1) is 23.7. The van der Waals surface area contributed by atoms with Gasteiger partial charge in [0.15, 0.2) is 0 Å². The molecule has 0 unspecified atom stereocenters. The summed E-state index contributed by atoms with van der Waals surface area (Å²) in [5.41, 5.74) is 0.649. The van der Waals surface area contributed by atoms with Gasteiger partial charge in [-0.25, -0.2) is 4.39 Å². The molecule has 6 nitrogen and oxygen atoms in total. The lowest BCUT2D eigenvalue weighted by Crippen LogP contribution is -2.37. The number of hydrogen-bond donors (Lipinski definition) is 1. The zero-order valence-electron chi connectivity index (χ0n) is 17.8. The number of nitrogens with zero attached hydrogens (tertiary/aromatic N) is 3. The first-order chi connectivity index (χ1) is 14.9. The second-order valence-electron chi connectivity index (χ2n) is 8.24. The third kappa shape index (κ3) is 7.30. The van der Waals surface area contributed by atoms with E-state index in [1.165, 1.54) is 18.2 Å². The third-order valence-corrected chi connectivity index (χ3v) is 6.26. The van der Waals surface area contributed by atoms with Gasteiger partial charge in [-0.15, -0.1) is 0 Å². The normalized spacial score (nSPS) is 19.3. The first-order valence-electron chi connectivity index (χ1n) is 11.0. The van der Waals surface area contributed by atoms with Crippen LogP contribution in [0.3, 0.4) is 0 Å². The van der Waals surface area contributed by atoms with Gasteiger partial charge in [-0.1, -0.05) is 17.7 Å². The summed E-state index contributed by atoms with van der Waals surface area (Å²) in [6.07, 6.45) is 6.87. The average Bonchev–Trinajstić information content (AvgIpc) is 2.95. The van der Waals surface area contributed by atoms with Crippen LogP contribution in [0.5, 0.6) is 0 Å². The van der Waals surface area contributed by atoms with Crippen LogP contribution < -0.4 is 0 Å². The Hall–Kier alpha value is -1.96. The molecule has 31 heavy (non-hydrogen) atoms. The molecule has 0 aromatic heterocycles. The molecule has 2 aliphatic heterocycles. The van der Waals surface area contributed by atoms with E-state index in [0.717, 1.165) is 45.3 Å². The molecule has 2 fully saturated rings. The van der Waals surface area contributed by atoms with Crippen LogP contribution in [0.1, 0.15) is 37.7 Å². The van der Waals surface area contributed by atoms with E-state index in [1.54, 1.807) is 17.0 Å². The summed E-state index contributed by atoms with van der Waals surface area (Å²) in [5.74, 6) is -0.570. The lowest BCUT2D eigenvalue weighted by molar-refractivity contribution is -0.130. The molecular weight excluding hydrogens is 421 g/mol. The SMILES string of the molecule is O=C(/C=C/c1ccc(F)c(Cl)c1)N1CCC(=O)N(CCCCN2CCC(O)CC2)CC1. The lowest BCUT2D eigenvalue weighted by Gasteiger charge is -2.29. The van der Waals surface area contributed by atoms with Crippen molar-refractivity contribution in [3.63, 3.8) is 0 Å². The van der Waals surface area contributed by atoms with Crippen molar-refractivity contribution in [3.8, 4) is 0 Å². The highest BCUT2D eigenvalue weighted by Crippen LogP contribution is 2.17. The van der Waals surface area contributed by atoms with Crippen LogP contribution in [0.4, 0.5) is 4.39 Å². The fourth-order valence-corrected chi connectivity index (χ4v) is 4.18. The van der Waals surface area contributed by atoms with Gasteiger partial charge in [0.05, 0.1) is 11.1 Å². The van der Waals surface area contributed by atoms with E-state index in [9.17, 15) is 19.1 Å². The van der Waals surface area contributed by atoms with Gasteiger partial charge in [0.25, 0.3) is 0 Å². The van der Waals surface area contributed by atoms with E-state index in [1.807, 2.05) is 4.90 Å². The standard InChI is InChI=1S/C23H31ClFN3O3/c24-20-17-18(3-5-21(20)25)4-6-22(30)28-14-9-23(31)27(15-16-28)11-2-1-10-26-12-7-19(29)8-13-26/h3-6,17,19,29H,1-2,7-16H2/b6-4+. The average molecular weight is 452 g/mol. The van der Waals surface area contributed by atoms with Crippen molar-refractivity contribution >= 4 is 29.5 Å². The molecule has 3 rings (SSSR count). The quantitative estimate of drug-likeness (QED) is 0.511. The van der Waals surface area contributed by atoms with Gasteiger partial charge in [-0.2, -0.15) is 0 Å². The Morgan fingerprint density at radius 2 is 1.87 bits per heavy atom. The number of rotatable bonds is 7. The van der Waals surface area contributed by atoms with Crippen LogP contribution >= 0.6 is 11.6 Å². The predicted octanol–water partition coefficient (Wildman–Crippen LogP) is 2.79. The molecule has 0 spiro atoms. The van der Waals surface area contributed by atoms with Crippen LogP contribution in [0.25, 0.3) is 6.08 Å². The number of carbonyl (C=O) groups is 2. The molecule has 2 aliphatic rings. The monoisotopic (exact) mass is 451 g/mol. The van der Waals surface area contributed by atoms with Crippen molar-refractivity contribution in [2.45, 2.75) is 38.2 Å². The van der Waals surface area contributed by atoms with Gasteiger partial charge in [0.2, 0.25) is 11.8 Å². The summed E-state index contributed by atoms with van der Waals surface area (Å²) in [7, 11) is 0. The summed E-state index contributed by atoms with van der Waals surface area (Å²) in [4.78, 5) is 30.9. The number of aliphatic hydroxyl groups is 1. The Balaban J connectivity index is 1.41. The van der Waals surface area contributed by atoms with Crippen LogP contribution in [0.15, 0.2) is 24.3 Å². The van der Waals surface area contributed by atoms with Crippen LogP contribution in [-0.2, 0) is 9.59 Å². The molecule has 1 aromatic carbocycles. The maximum Gasteiger partial charge on any atom is 0.246 e. The van der Waals surface area contributed by atoms with E-state index in [2.05, 4.69) is 4.90 Å². The Labute approximate surface area is 188 Å². The Kier molecular flexibility index (Phi) is 8.87. The van der Waals surface area contributed by atoms with Crippen LogP contribution in [0.2, 0.25) is 5.02 Å². The maximum absolute atomic E-state index is 13.2. The van der Waals surface area contributed by atoms with Crippen LogP contribution in [0, 0.1) is 5.82 Å². The van der Waals surface area contributed by atoms with Crippen molar-refractivity contribution < 1.29 is 19.1 Å². The number of unbranched alkanes of at least 4 members (excludes halogenated alkanes) is 1. The van der Waals surface area contributed by atoms with Gasteiger partial charge in [-0.3, -0.25) is 9.59 Å². The fourth-order valence-electron chi connectivity index (χ4n) is 3.99. The molecule has 0 atom stereocenters. The second-order valence-corrected chi connectivity index (χ2v) is 8.65. The highest BCUT2D eigenvalue weighted by molar-refractivity contribution is 6.30. The number of amides is 2. The minimum absolute atomic E-state index is 0.0171. The van der Waals surface area contributed by atoms with Crippen molar-refractivity contribution in [2.75, 3.05) is 45.8 Å².